The molecule has 2 aromatic rings. The van der Waals surface area contributed by atoms with Crippen LogP contribution in [0.4, 0.5) is 9.18 Å². The Bertz CT molecular complexity index is 575. The molecule has 0 aliphatic carbocycles. The third-order valence-corrected chi connectivity index (χ3v) is 2.60. The number of nitrogens with two attached hydrogens (primary N) is 1. The quantitative estimate of drug-likeness (QED) is 0.839. The second kappa shape index (κ2) is 4.18. The summed E-state index contributed by atoms with van der Waals surface area (Å²) in [5, 5.41) is 9.64. The largest absolute Gasteiger partial charge is 0.464 e. The van der Waals surface area contributed by atoms with Gasteiger partial charge in [0, 0.05) is 17.6 Å². The molecular weight excluding hydrogens is 223 g/mol. The molecule has 0 amide bonds. The fourth-order valence-electron chi connectivity index (χ4n) is 1.94. The van der Waals surface area contributed by atoms with Gasteiger partial charge in [-0.2, -0.15) is 0 Å². The number of hydrogen-bond donors (Lipinski definition) is 2. The maximum absolute atomic E-state index is 13.2. The minimum atomic E-state index is -1.09. The van der Waals surface area contributed by atoms with Crippen molar-refractivity contribution in [1.82, 2.24) is 4.57 Å². The summed E-state index contributed by atoms with van der Waals surface area (Å²) in [4.78, 5) is 11.0. The Balaban J connectivity index is 2.66. The zero-order valence-electron chi connectivity index (χ0n) is 9.35. The average molecular weight is 236 g/mol. The van der Waals surface area contributed by atoms with Crippen molar-refractivity contribution in [3.05, 3.63) is 35.8 Å². The van der Waals surface area contributed by atoms with Crippen LogP contribution in [-0.4, -0.2) is 21.8 Å². The van der Waals surface area contributed by atoms with E-state index in [1.54, 1.807) is 0 Å². The number of carbonyl (C=O) groups is 1. The van der Waals surface area contributed by atoms with E-state index in [9.17, 15) is 9.18 Å². The first-order chi connectivity index (χ1) is 7.99. The molecule has 90 valence electrons. The molecule has 1 heterocycles. The number of aromatic nitrogens is 1. The molecule has 0 bridgehead atoms. The summed E-state index contributed by atoms with van der Waals surface area (Å²) in [6.45, 7) is 1.82. The van der Waals surface area contributed by atoms with Crippen LogP contribution in [0, 0.1) is 5.82 Å². The number of hydrogen-bond acceptors (Lipinski definition) is 2. The molecular formula is C12H13FN2O2. The van der Waals surface area contributed by atoms with Gasteiger partial charge in [-0.05, 0) is 37.1 Å². The monoisotopic (exact) mass is 236 g/mol. The van der Waals surface area contributed by atoms with E-state index in [-0.39, 0.29) is 11.9 Å². The van der Waals surface area contributed by atoms with Gasteiger partial charge in [0.25, 0.3) is 0 Å². The lowest BCUT2D eigenvalue weighted by molar-refractivity contribution is 0.197. The van der Waals surface area contributed by atoms with Crippen LogP contribution in [0.25, 0.3) is 10.9 Å². The topological polar surface area (TPSA) is 68.2 Å². The number of fused-ring (bicyclic) bond motifs is 1. The predicted octanol–water partition coefficient (Wildman–Crippen LogP) is 2.20. The van der Waals surface area contributed by atoms with Crippen LogP contribution >= 0.6 is 0 Å². The lowest BCUT2D eigenvalue weighted by atomic mass is 10.1. The molecule has 2 rings (SSSR count). The molecule has 0 fully saturated rings. The predicted molar refractivity (Wildman–Crippen MR) is 62.7 cm³/mol. The van der Waals surface area contributed by atoms with Crippen molar-refractivity contribution in [3.63, 3.8) is 0 Å². The van der Waals surface area contributed by atoms with E-state index in [1.807, 2.05) is 6.92 Å². The van der Waals surface area contributed by atoms with Gasteiger partial charge in [-0.1, -0.05) is 0 Å². The maximum atomic E-state index is 13.2. The van der Waals surface area contributed by atoms with E-state index < -0.39 is 6.09 Å². The molecule has 3 N–H and O–H groups in total. The van der Waals surface area contributed by atoms with Crippen LogP contribution in [0.5, 0.6) is 0 Å². The van der Waals surface area contributed by atoms with Gasteiger partial charge in [0.05, 0.1) is 5.52 Å². The smallest absolute Gasteiger partial charge is 0.416 e. The van der Waals surface area contributed by atoms with Gasteiger partial charge in [0.15, 0.2) is 0 Å². The SMILES string of the molecule is C[C@@H](N)Cc1cn(C(=O)O)c2ccc(F)cc12. The Morgan fingerprint density at radius 1 is 1.59 bits per heavy atom. The Morgan fingerprint density at radius 2 is 2.29 bits per heavy atom. The molecule has 0 aliphatic rings. The highest BCUT2D eigenvalue weighted by atomic mass is 19.1. The van der Waals surface area contributed by atoms with Gasteiger partial charge in [0.1, 0.15) is 5.82 Å². The molecule has 0 unspecified atom stereocenters. The molecule has 0 saturated heterocycles. The fourth-order valence-corrected chi connectivity index (χ4v) is 1.94. The molecule has 1 atom stereocenters. The Kier molecular flexibility index (Phi) is 2.85. The third kappa shape index (κ3) is 2.14. The molecule has 1 aromatic carbocycles. The summed E-state index contributed by atoms with van der Waals surface area (Å²) in [6, 6.07) is 3.94. The lowest BCUT2D eigenvalue weighted by Gasteiger charge is -2.02. The highest BCUT2D eigenvalue weighted by Gasteiger charge is 2.14. The minimum absolute atomic E-state index is 0.105. The van der Waals surface area contributed by atoms with Crippen molar-refractivity contribution < 1.29 is 14.3 Å². The molecule has 0 aliphatic heterocycles. The number of carboxylic acid groups (broad SMARTS) is 1. The highest BCUT2D eigenvalue weighted by Crippen LogP contribution is 2.23. The summed E-state index contributed by atoms with van der Waals surface area (Å²) in [6.07, 6.45) is 0.924. The van der Waals surface area contributed by atoms with Crippen LogP contribution < -0.4 is 5.73 Å². The maximum Gasteiger partial charge on any atom is 0.416 e. The Morgan fingerprint density at radius 3 is 2.88 bits per heavy atom. The molecule has 0 spiro atoms. The van der Waals surface area contributed by atoms with E-state index in [1.165, 1.54) is 24.4 Å². The first kappa shape index (κ1) is 11.6. The first-order valence-electron chi connectivity index (χ1n) is 5.27. The van der Waals surface area contributed by atoms with Gasteiger partial charge in [0.2, 0.25) is 0 Å². The first-order valence-corrected chi connectivity index (χ1v) is 5.27. The molecule has 4 nitrogen and oxygen atoms in total. The van der Waals surface area contributed by atoms with E-state index in [0.717, 1.165) is 10.1 Å². The molecule has 0 saturated carbocycles. The summed E-state index contributed by atoms with van der Waals surface area (Å²) < 4.78 is 14.3. The van der Waals surface area contributed by atoms with Gasteiger partial charge >= 0.3 is 6.09 Å². The van der Waals surface area contributed by atoms with E-state index in [0.29, 0.717) is 17.3 Å². The van der Waals surface area contributed by atoms with E-state index in [4.69, 9.17) is 10.8 Å². The molecule has 1 aromatic heterocycles. The zero-order valence-corrected chi connectivity index (χ0v) is 9.35. The second-order valence-corrected chi connectivity index (χ2v) is 4.15. The van der Waals surface area contributed by atoms with Crippen LogP contribution in [0.2, 0.25) is 0 Å². The van der Waals surface area contributed by atoms with Gasteiger partial charge in [-0.15, -0.1) is 0 Å². The normalized spacial score (nSPS) is 12.9. The van der Waals surface area contributed by atoms with Crippen molar-refractivity contribution in [3.8, 4) is 0 Å². The minimum Gasteiger partial charge on any atom is -0.464 e. The Hall–Kier alpha value is -1.88. The third-order valence-electron chi connectivity index (χ3n) is 2.60. The fraction of sp³-hybridized carbons (Fsp3) is 0.250. The number of benzene rings is 1. The Labute approximate surface area is 97.5 Å². The van der Waals surface area contributed by atoms with Crippen molar-refractivity contribution >= 4 is 17.0 Å². The number of halogens is 1. The van der Waals surface area contributed by atoms with Crippen molar-refractivity contribution in [1.29, 1.82) is 0 Å². The van der Waals surface area contributed by atoms with Crippen LogP contribution in [0.1, 0.15) is 12.5 Å². The number of nitrogens with zero attached hydrogens (tertiary/aromatic N) is 1. The van der Waals surface area contributed by atoms with Crippen LogP contribution in [0.15, 0.2) is 24.4 Å². The van der Waals surface area contributed by atoms with Gasteiger partial charge in [-0.3, -0.25) is 4.57 Å². The second-order valence-electron chi connectivity index (χ2n) is 4.15. The van der Waals surface area contributed by atoms with Crippen molar-refractivity contribution in [2.75, 3.05) is 0 Å². The summed E-state index contributed by atoms with van der Waals surface area (Å²) in [5.74, 6) is -0.383. The highest BCUT2D eigenvalue weighted by molar-refractivity contribution is 5.91. The molecule has 5 heteroatoms. The van der Waals surface area contributed by atoms with Gasteiger partial charge in [-0.25, -0.2) is 9.18 Å². The van der Waals surface area contributed by atoms with E-state index in [2.05, 4.69) is 0 Å². The summed E-state index contributed by atoms with van der Waals surface area (Å²) in [5.41, 5.74) is 6.92. The molecule has 17 heavy (non-hydrogen) atoms. The zero-order chi connectivity index (χ0) is 12.6. The van der Waals surface area contributed by atoms with Crippen LogP contribution in [0.3, 0.4) is 0 Å². The number of rotatable bonds is 2. The molecule has 0 radical (unpaired) electrons. The average Bonchev–Trinajstić information content (AvgIpc) is 2.56. The van der Waals surface area contributed by atoms with E-state index >= 15 is 0 Å². The lowest BCUT2D eigenvalue weighted by Crippen LogP contribution is -2.17. The standard InChI is InChI=1S/C12H13FN2O2/c1-7(14)4-8-6-15(12(16)17)11-3-2-9(13)5-10(8)11/h2-3,5-7H,4,14H2,1H3,(H,16,17)/t7-/m1/s1. The van der Waals surface area contributed by atoms with Crippen molar-refractivity contribution in [2.24, 2.45) is 5.73 Å². The summed E-state index contributed by atoms with van der Waals surface area (Å²) in [7, 11) is 0. The van der Waals surface area contributed by atoms with Crippen molar-refractivity contribution in [2.45, 2.75) is 19.4 Å². The summed E-state index contributed by atoms with van der Waals surface area (Å²) >= 11 is 0. The van der Waals surface area contributed by atoms with Gasteiger partial charge < -0.3 is 10.8 Å². The van der Waals surface area contributed by atoms with Crippen LogP contribution in [-0.2, 0) is 6.42 Å².